The Balaban J connectivity index is 3.29. The molecule has 0 aliphatic heterocycles. The van der Waals surface area contributed by atoms with Gasteiger partial charge in [-0.15, -0.1) is 0 Å². The van der Waals surface area contributed by atoms with Crippen molar-refractivity contribution in [1.82, 2.24) is 4.57 Å². The van der Waals surface area contributed by atoms with Crippen LogP contribution >= 0.6 is 0 Å². The van der Waals surface area contributed by atoms with Crippen molar-refractivity contribution < 1.29 is 0 Å². The molecule has 0 amide bonds. The van der Waals surface area contributed by atoms with E-state index in [1.165, 1.54) is 0 Å². The number of hydrogen-bond acceptors (Lipinski definition) is 2. The van der Waals surface area contributed by atoms with Crippen LogP contribution in [-0.2, 0) is 0 Å². The first-order chi connectivity index (χ1) is 6.19. The third-order valence-electron chi connectivity index (χ3n) is 1.93. The van der Waals surface area contributed by atoms with E-state index in [0.717, 1.165) is 11.1 Å². The fraction of sp³-hybridized carbons (Fsp3) is 0.300. The maximum atomic E-state index is 5.75. The molecule has 13 heavy (non-hydrogen) atoms. The van der Waals surface area contributed by atoms with Gasteiger partial charge in [0.05, 0.1) is 0 Å². The Hall–Kier alpha value is -1.35. The first-order valence-corrected chi connectivity index (χ1v) is 4.22. The number of nitrogens with two attached hydrogens (primary N) is 1. The molecule has 1 rings (SSSR count). The number of hydrogen-bond donors (Lipinski definition) is 1. The summed E-state index contributed by atoms with van der Waals surface area (Å²) in [4.78, 5) is 4.09. The smallest absolute Gasteiger partial charge is 0.131 e. The van der Waals surface area contributed by atoms with E-state index in [9.17, 15) is 0 Å². The van der Waals surface area contributed by atoms with Crippen molar-refractivity contribution in [2.45, 2.75) is 13.0 Å². The SMILES string of the molecule is C=Cn1cc(C(C)N)ccc1=NC. The van der Waals surface area contributed by atoms with Crippen LogP contribution in [0, 0.1) is 0 Å². The first kappa shape index (κ1) is 9.74. The molecular formula is C10H15N3. The normalized spacial score (nSPS) is 14.2. The summed E-state index contributed by atoms with van der Waals surface area (Å²) in [5.74, 6) is 0. The van der Waals surface area contributed by atoms with Crippen molar-refractivity contribution in [1.29, 1.82) is 0 Å². The molecule has 1 aromatic rings. The number of pyridine rings is 1. The van der Waals surface area contributed by atoms with E-state index in [1.807, 2.05) is 29.8 Å². The molecule has 2 N–H and O–H groups in total. The van der Waals surface area contributed by atoms with Crippen LogP contribution in [0.25, 0.3) is 6.20 Å². The molecule has 1 aromatic heterocycles. The zero-order chi connectivity index (χ0) is 9.84. The summed E-state index contributed by atoms with van der Waals surface area (Å²) < 4.78 is 1.86. The highest BCUT2D eigenvalue weighted by atomic mass is 15.0. The van der Waals surface area contributed by atoms with Crippen molar-refractivity contribution in [3.63, 3.8) is 0 Å². The van der Waals surface area contributed by atoms with E-state index < -0.39 is 0 Å². The Morgan fingerprint density at radius 3 is 2.77 bits per heavy atom. The van der Waals surface area contributed by atoms with Gasteiger partial charge < -0.3 is 10.3 Å². The van der Waals surface area contributed by atoms with Gasteiger partial charge >= 0.3 is 0 Å². The van der Waals surface area contributed by atoms with Crippen LogP contribution in [0.15, 0.2) is 29.9 Å². The Bertz CT molecular complexity index is 361. The monoisotopic (exact) mass is 177 g/mol. The van der Waals surface area contributed by atoms with Gasteiger partial charge in [0, 0.05) is 25.5 Å². The molecule has 1 heterocycles. The fourth-order valence-electron chi connectivity index (χ4n) is 1.13. The van der Waals surface area contributed by atoms with Crippen LogP contribution < -0.4 is 11.2 Å². The average molecular weight is 177 g/mol. The minimum Gasteiger partial charge on any atom is -0.324 e. The molecule has 0 aliphatic rings. The lowest BCUT2D eigenvalue weighted by Gasteiger charge is -2.08. The molecule has 0 aliphatic carbocycles. The van der Waals surface area contributed by atoms with E-state index in [2.05, 4.69) is 11.6 Å². The second-order valence-corrected chi connectivity index (χ2v) is 2.92. The molecule has 0 saturated heterocycles. The van der Waals surface area contributed by atoms with Crippen LogP contribution in [-0.4, -0.2) is 11.6 Å². The highest BCUT2D eigenvalue weighted by Crippen LogP contribution is 2.05. The van der Waals surface area contributed by atoms with Crippen molar-refractivity contribution in [3.05, 3.63) is 36.0 Å². The molecule has 0 spiro atoms. The average Bonchev–Trinajstić information content (AvgIpc) is 2.16. The standard InChI is InChI=1S/C10H15N3/c1-4-13-7-9(8(2)11)5-6-10(13)12-3/h4-8H,1,11H2,2-3H3. The highest BCUT2D eigenvalue weighted by molar-refractivity contribution is 5.23. The van der Waals surface area contributed by atoms with Gasteiger partial charge in [-0.1, -0.05) is 12.6 Å². The lowest BCUT2D eigenvalue weighted by molar-refractivity contribution is 0.797. The molecule has 1 atom stereocenters. The Morgan fingerprint density at radius 1 is 1.62 bits per heavy atom. The number of aromatic nitrogens is 1. The Kier molecular flexibility index (Phi) is 3.03. The molecule has 0 radical (unpaired) electrons. The van der Waals surface area contributed by atoms with Gasteiger partial charge in [0.15, 0.2) is 0 Å². The third kappa shape index (κ3) is 2.06. The summed E-state index contributed by atoms with van der Waals surface area (Å²) in [6.07, 6.45) is 3.66. The Labute approximate surface area is 78.2 Å². The zero-order valence-electron chi connectivity index (χ0n) is 8.07. The lowest BCUT2D eigenvalue weighted by Crippen LogP contribution is -2.17. The van der Waals surface area contributed by atoms with Gasteiger partial charge in [-0.05, 0) is 18.6 Å². The lowest BCUT2D eigenvalue weighted by atomic mass is 10.1. The summed E-state index contributed by atoms with van der Waals surface area (Å²) in [6.45, 7) is 5.65. The van der Waals surface area contributed by atoms with Gasteiger partial charge in [0.2, 0.25) is 0 Å². The molecule has 0 saturated carbocycles. The number of rotatable bonds is 2. The van der Waals surface area contributed by atoms with Gasteiger partial charge in [-0.3, -0.25) is 4.99 Å². The first-order valence-electron chi connectivity index (χ1n) is 4.22. The minimum absolute atomic E-state index is 0.0390. The van der Waals surface area contributed by atoms with Crippen LogP contribution in [0.3, 0.4) is 0 Å². The van der Waals surface area contributed by atoms with Crippen molar-refractivity contribution in [2.75, 3.05) is 7.05 Å². The topological polar surface area (TPSA) is 43.3 Å². The predicted molar refractivity (Wildman–Crippen MR) is 54.9 cm³/mol. The van der Waals surface area contributed by atoms with Crippen molar-refractivity contribution in [3.8, 4) is 0 Å². The molecule has 0 bridgehead atoms. The maximum Gasteiger partial charge on any atom is 0.131 e. The molecular weight excluding hydrogens is 162 g/mol. The van der Waals surface area contributed by atoms with Crippen molar-refractivity contribution >= 4 is 6.20 Å². The second-order valence-electron chi connectivity index (χ2n) is 2.92. The summed E-state index contributed by atoms with van der Waals surface area (Å²) in [5.41, 5.74) is 7.70. The fourth-order valence-corrected chi connectivity index (χ4v) is 1.13. The van der Waals surface area contributed by atoms with Gasteiger partial charge in [-0.25, -0.2) is 0 Å². The van der Waals surface area contributed by atoms with Crippen LogP contribution in [0.1, 0.15) is 18.5 Å². The van der Waals surface area contributed by atoms with E-state index in [4.69, 9.17) is 5.73 Å². The quantitative estimate of drug-likeness (QED) is 0.723. The Morgan fingerprint density at radius 2 is 2.31 bits per heavy atom. The minimum atomic E-state index is 0.0390. The molecule has 3 heteroatoms. The summed E-state index contributed by atoms with van der Waals surface area (Å²) in [6, 6.07) is 3.95. The molecule has 0 fully saturated rings. The third-order valence-corrected chi connectivity index (χ3v) is 1.93. The van der Waals surface area contributed by atoms with E-state index in [1.54, 1.807) is 13.2 Å². The summed E-state index contributed by atoms with van der Waals surface area (Å²) in [7, 11) is 1.75. The van der Waals surface area contributed by atoms with Crippen molar-refractivity contribution in [2.24, 2.45) is 10.7 Å². The molecule has 0 aromatic carbocycles. The molecule has 1 unspecified atom stereocenters. The second kappa shape index (κ2) is 4.05. The van der Waals surface area contributed by atoms with E-state index in [-0.39, 0.29) is 6.04 Å². The number of nitrogens with zero attached hydrogens (tertiary/aromatic N) is 2. The predicted octanol–water partition coefficient (Wildman–Crippen LogP) is 1.14. The largest absolute Gasteiger partial charge is 0.324 e. The van der Waals surface area contributed by atoms with E-state index >= 15 is 0 Å². The highest BCUT2D eigenvalue weighted by Gasteiger charge is 1.98. The summed E-state index contributed by atoms with van der Waals surface area (Å²) in [5, 5.41) is 0. The molecule has 70 valence electrons. The van der Waals surface area contributed by atoms with Gasteiger partial charge in [0.1, 0.15) is 5.49 Å². The van der Waals surface area contributed by atoms with Crippen LogP contribution in [0.4, 0.5) is 0 Å². The maximum absolute atomic E-state index is 5.75. The van der Waals surface area contributed by atoms with Crippen LogP contribution in [0.5, 0.6) is 0 Å². The van der Waals surface area contributed by atoms with Gasteiger partial charge in [0.25, 0.3) is 0 Å². The summed E-state index contributed by atoms with van der Waals surface area (Å²) >= 11 is 0. The zero-order valence-corrected chi connectivity index (χ0v) is 8.07. The van der Waals surface area contributed by atoms with Crippen LogP contribution in [0.2, 0.25) is 0 Å². The van der Waals surface area contributed by atoms with Gasteiger partial charge in [-0.2, -0.15) is 0 Å². The molecule has 3 nitrogen and oxygen atoms in total. The van der Waals surface area contributed by atoms with E-state index in [0.29, 0.717) is 0 Å².